The maximum atomic E-state index is 12.7. The van der Waals surface area contributed by atoms with Gasteiger partial charge >= 0.3 is 0 Å². The highest BCUT2D eigenvalue weighted by molar-refractivity contribution is 9.10. The van der Waals surface area contributed by atoms with Crippen LogP contribution in [0.15, 0.2) is 24.0 Å². The molecule has 0 saturated carbocycles. The van der Waals surface area contributed by atoms with Crippen LogP contribution in [0.2, 0.25) is 0 Å². The molecule has 134 valence electrons. The van der Waals surface area contributed by atoms with Crippen molar-refractivity contribution in [2.24, 2.45) is 0 Å². The molecule has 2 bridgehead atoms. The molecule has 1 saturated heterocycles. The quantitative estimate of drug-likeness (QED) is 0.763. The van der Waals surface area contributed by atoms with Gasteiger partial charge in [0.25, 0.3) is 0 Å². The molecule has 25 heavy (non-hydrogen) atoms. The third-order valence-electron chi connectivity index (χ3n) is 6.28. The van der Waals surface area contributed by atoms with Gasteiger partial charge < -0.3 is 19.5 Å². The topological polar surface area (TPSA) is 59.0 Å². The molecule has 0 radical (unpaired) electrons. The first-order valence-corrected chi connectivity index (χ1v) is 9.26. The van der Waals surface area contributed by atoms with Crippen LogP contribution >= 0.6 is 15.9 Å². The van der Waals surface area contributed by atoms with E-state index in [4.69, 9.17) is 9.47 Å². The Bertz CT molecular complexity index is 792. The number of Topliss-reactive ketones (excluding diaryl/α,β-unsaturated/α-hetero) is 1. The first-order chi connectivity index (χ1) is 11.9. The van der Waals surface area contributed by atoms with Crippen molar-refractivity contribution >= 4 is 21.7 Å². The average Bonchev–Trinajstić information content (AvgIpc) is 2.58. The Labute approximate surface area is 155 Å². The van der Waals surface area contributed by atoms with Crippen LogP contribution in [0.1, 0.15) is 24.0 Å². The molecule has 1 aromatic rings. The number of likely N-dealkylation sites (tertiary alicyclic amines) is 1. The monoisotopic (exact) mass is 407 g/mol. The number of fused-ring (bicyclic) bond motifs is 1. The summed E-state index contributed by atoms with van der Waals surface area (Å²) >= 11 is 4.00. The number of rotatable bonds is 2. The van der Waals surface area contributed by atoms with Crippen LogP contribution in [-0.4, -0.2) is 54.0 Å². The van der Waals surface area contributed by atoms with E-state index in [1.54, 1.807) is 7.11 Å². The number of nitrogens with zero attached hydrogens (tertiary/aromatic N) is 1. The van der Waals surface area contributed by atoms with E-state index in [1.807, 2.05) is 18.2 Å². The standard InChI is InChI=1S/C19H22BrNO4/c1-21-7-6-18-9-12(22)14(25-3)10-19(18,20)15(21)8-11-4-5-13(24-2)17(23)16(11)18/h4-5,10,15,23H,6-9H2,1-3H3/t15-,18-,19-/m0/s1. The van der Waals surface area contributed by atoms with Gasteiger partial charge in [-0.25, -0.2) is 0 Å². The summed E-state index contributed by atoms with van der Waals surface area (Å²) in [6.45, 7) is 0.873. The maximum absolute atomic E-state index is 12.7. The van der Waals surface area contributed by atoms with Crippen LogP contribution < -0.4 is 4.74 Å². The molecular weight excluding hydrogens is 386 g/mol. The summed E-state index contributed by atoms with van der Waals surface area (Å²) in [7, 11) is 5.20. The molecule has 1 aliphatic heterocycles. The summed E-state index contributed by atoms with van der Waals surface area (Å²) < 4.78 is 10.2. The summed E-state index contributed by atoms with van der Waals surface area (Å²) in [4.78, 5) is 15.1. The number of halogens is 1. The number of hydrogen-bond acceptors (Lipinski definition) is 5. The molecular formula is C19H22BrNO4. The number of likely N-dealkylation sites (N-methyl/N-ethyl adjacent to an activating group) is 1. The summed E-state index contributed by atoms with van der Waals surface area (Å²) in [6.07, 6.45) is 3.81. The number of allylic oxidation sites excluding steroid dienone is 1. The number of carbonyl (C=O) groups excluding carboxylic acids is 1. The molecule has 0 amide bonds. The minimum absolute atomic E-state index is 0.0176. The predicted molar refractivity (Wildman–Crippen MR) is 97.4 cm³/mol. The second-order valence-corrected chi connectivity index (χ2v) is 8.58. The van der Waals surface area contributed by atoms with Gasteiger partial charge in [-0.2, -0.15) is 0 Å². The molecule has 1 fully saturated rings. The fourth-order valence-corrected chi connectivity index (χ4v) is 6.27. The van der Waals surface area contributed by atoms with Gasteiger partial charge in [0, 0.05) is 23.4 Å². The van der Waals surface area contributed by atoms with Crippen LogP contribution in [-0.2, 0) is 21.4 Å². The van der Waals surface area contributed by atoms with E-state index in [0.717, 1.165) is 30.5 Å². The van der Waals surface area contributed by atoms with Crippen molar-refractivity contribution in [2.75, 3.05) is 27.8 Å². The minimum atomic E-state index is -0.504. The smallest absolute Gasteiger partial charge is 0.198 e. The van der Waals surface area contributed by atoms with Crippen LogP contribution in [0.3, 0.4) is 0 Å². The van der Waals surface area contributed by atoms with Gasteiger partial charge in [-0.05, 0) is 44.1 Å². The summed E-state index contributed by atoms with van der Waals surface area (Å²) in [5.41, 5.74) is 1.44. The van der Waals surface area contributed by atoms with Crippen molar-refractivity contribution in [2.45, 2.75) is 35.0 Å². The third kappa shape index (κ3) is 2.01. The van der Waals surface area contributed by atoms with Crippen LogP contribution in [0, 0.1) is 0 Å². The number of benzene rings is 1. The predicted octanol–water partition coefficient (Wildman–Crippen LogP) is 2.54. The number of alkyl halides is 1. The molecule has 5 nitrogen and oxygen atoms in total. The molecule has 1 heterocycles. The number of hydrogen-bond donors (Lipinski definition) is 1. The van der Waals surface area contributed by atoms with Crippen LogP contribution in [0.5, 0.6) is 11.5 Å². The molecule has 3 atom stereocenters. The SMILES string of the molecule is COC1=C[C@]2(Br)[C@@H]3Cc4ccc(OC)c(O)c4[C@]2(CCN3C)CC1=O. The van der Waals surface area contributed by atoms with Gasteiger partial charge in [-0.15, -0.1) is 0 Å². The lowest BCUT2D eigenvalue weighted by molar-refractivity contribution is -0.122. The second-order valence-electron chi connectivity index (χ2n) is 7.26. The fourth-order valence-electron chi connectivity index (χ4n) is 5.02. The number of ketones is 1. The number of phenols is 1. The van der Waals surface area contributed by atoms with Gasteiger partial charge in [-0.3, -0.25) is 4.79 Å². The van der Waals surface area contributed by atoms with Gasteiger partial charge in [0.2, 0.25) is 0 Å². The summed E-state index contributed by atoms with van der Waals surface area (Å²) in [6, 6.07) is 4.01. The number of phenolic OH excluding ortho intramolecular Hbond substituents is 1. The number of carbonyl (C=O) groups is 1. The van der Waals surface area contributed by atoms with E-state index in [9.17, 15) is 9.90 Å². The van der Waals surface area contributed by atoms with Crippen molar-refractivity contribution in [3.05, 3.63) is 35.1 Å². The van der Waals surface area contributed by atoms with Crippen molar-refractivity contribution in [3.63, 3.8) is 0 Å². The fraction of sp³-hybridized carbons (Fsp3) is 0.526. The molecule has 1 aromatic carbocycles. The Hall–Kier alpha value is -1.53. The Balaban J connectivity index is 2.04. The van der Waals surface area contributed by atoms with Gasteiger partial charge in [0.15, 0.2) is 23.0 Å². The van der Waals surface area contributed by atoms with Crippen molar-refractivity contribution in [3.8, 4) is 11.5 Å². The van der Waals surface area contributed by atoms with Gasteiger partial charge in [0.05, 0.1) is 18.5 Å². The van der Waals surface area contributed by atoms with E-state index >= 15 is 0 Å². The zero-order valence-electron chi connectivity index (χ0n) is 14.6. The lowest BCUT2D eigenvalue weighted by Crippen LogP contribution is -2.68. The van der Waals surface area contributed by atoms with Crippen LogP contribution in [0.25, 0.3) is 0 Å². The highest BCUT2D eigenvalue weighted by Crippen LogP contribution is 2.62. The van der Waals surface area contributed by atoms with Crippen LogP contribution in [0.4, 0.5) is 0 Å². The van der Waals surface area contributed by atoms with E-state index < -0.39 is 9.74 Å². The lowest BCUT2D eigenvalue weighted by Gasteiger charge is -2.61. The molecule has 1 N–H and O–H groups in total. The maximum Gasteiger partial charge on any atom is 0.198 e. The third-order valence-corrected chi connectivity index (χ3v) is 7.80. The number of methoxy groups -OCH3 is 2. The molecule has 3 aliphatic rings. The van der Waals surface area contributed by atoms with E-state index in [1.165, 1.54) is 7.11 Å². The van der Waals surface area contributed by atoms with Crippen molar-refractivity contribution < 1.29 is 19.4 Å². The van der Waals surface area contributed by atoms with Gasteiger partial charge in [-0.1, -0.05) is 22.0 Å². The van der Waals surface area contributed by atoms with E-state index in [0.29, 0.717) is 17.9 Å². The van der Waals surface area contributed by atoms with E-state index in [-0.39, 0.29) is 17.6 Å². The zero-order chi connectivity index (χ0) is 18.0. The second kappa shape index (κ2) is 5.48. The highest BCUT2D eigenvalue weighted by Gasteiger charge is 2.64. The molecule has 2 aliphatic carbocycles. The Morgan fingerprint density at radius 3 is 2.76 bits per heavy atom. The molecule has 6 heteroatoms. The number of aromatic hydroxyl groups is 1. The Morgan fingerprint density at radius 2 is 2.08 bits per heavy atom. The lowest BCUT2D eigenvalue weighted by atomic mass is 9.53. The summed E-state index contributed by atoms with van der Waals surface area (Å²) in [5, 5.41) is 10.9. The normalized spacial score (nSPS) is 34.0. The van der Waals surface area contributed by atoms with Gasteiger partial charge in [0.1, 0.15) is 0 Å². The average molecular weight is 408 g/mol. The van der Waals surface area contributed by atoms with Crippen molar-refractivity contribution in [1.82, 2.24) is 4.90 Å². The first kappa shape index (κ1) is 16.9. The Morgan fingerprint density at radius 1 is 1.32 bits per heavy atom. The molecule has 0 spiro atoms. The Kier molecular flexibility index (Phi) is 3.71. The largest absolute Gasteiger partial charge is 0.504 e. The van der Waals surface area contributed by atoms with Crippen molar-refractivity contribution in [1.29, 1.82) is 0 Å². The highest BCUT2D eigenvalue weighted by atomic mass is 79.9. The molecule has 0 aromatic heterocycles. The summed E-state index contributed by atoms with van der Waals surface area (Å²) in [5.74, 6) is 0.998. The molecule has 4 rings (SSSR count). The zero-order valence-corrected chi connectivity index (χ0v) is 16.2. The van der Waals surface area contributed by atoms with E-state index in [2.05, 4.69) is 27.9 Å². The minimum Gasteiger partial charge on any atom is -0.504 e. The molecule has 0 unspecified atom stereocenters. The first-order valence-electron chi connectivity index (χ1n) is 8.46. The number of ether oxygens (including phenoxy) is 2. The number of piperidine rings is 1.